The van der Waals surface area contributed by atoms with Crippen molar-refractivity contribution in [2.75, 3.05) is 0 Å². The Bertz CT molecular complexity index is 191. The van der Waals surface area contributed by atoms with Gasteiger partial charge in [0.15, 0.2) is 0 Å². The van der Waals surface area contributed by atoms with E-state index >= 15 is 0 Å². The van der Waals surface area contributed by atoms with Crippen molar-refractivity contribution < 1.29 is 0 Å². The summed E-state index contributed by atoms with van der Waals surface area (Å²) < 4.78 is 0. The molecule has 0 aliphatic carbocycles. The van der Waals surface area contributed by atoms with E-state index in [-0.39, 0.29) is 0 Å². The van der Waals surface area contributed by atoms with Crippen LogP contribution < -0.4 is 0 Å². The third-order valence-electron chi connectivity index (χ3n) is 0.867. The Balaban J connectivity index is 0. The second-order valence-electron chi connectivity index (χ2n) is 1.73. The van der Waals surface area contributed by atoms with Crippen molar-refractivity contribution in [1.29, 1.82) is 5.26 Å². The molecule has 0 atom stereocenters. The Hall–Kier alpha value is -1.29. The summed E-state index contributed by atoms with van der Waals surface area (Å²) in [6, 6.07) is 1.91. The largest absolute Gasteiger partial charge is 0.192 e. The van der Waals surface area contributed by atoms with Gasteiger partial charge in [0.05, 0.1) is 6.07 Å². The lowest BCUT2D eigenvalue weighted by atomic mass is 10.2. The predicted molar refractivity (Wildman–Crippen MR) is 50.1 cm³/mol. The van der Waals surface area contributed by atoms with E-state index in [9.17, 15) is 0 Å². The summed E-state index contributed by atoms with van der Waals surface area (Å²) in [5.41, 5.74) is 1.42. The van der Waals surface area contributed by atoms with Crippen LogP contribution in [0, 0.1) is 11.3 Å². The van der Waals surface area contributed by atoms with E-state index in [0.717, 1.165) is 5.57 Å². The topological polar surface area (TPSA) is 23.8 Å². The van der Waals surface area contributed by atoms with Gasteiger partial charge in [-0.1, -0.05) is 38.7 Å². The monoisotopic (exact) mass is 149 g/mol. The van der Waals surface area contributed by atoms with Crippen LogP contribution in [0.25, 0.3) is 0 Å². The first-order chi connectivity index (χ1) is 5.20. The summed E-state index contributed by atoms with van der Waals surface area (Å²) in [4.78, 5) is 0. The average molecular weight is 149 g/mol. The average Bonchev–Trinajstić information content (AvgIpc) is 2.07. The summed E-state index contributed by atoms with van der Waals surface area (Å²) in [6.07, 6.45) is 3.37. The van der Waals surface area contributed by atoms with Crippen molar-refractivity contribution in [2.24, 2.45) is 0 Å². The molecule has 0 aromatic rings. The number of hydrogen-bond donors (Lipinski definition) is 0. The first kappa shape index (κ1) is 12.4. The summed E-state index contributed by atoms with van der Waals surface area (Å²) in [7, 11) is 0. The predicted octanol–water partition coefficient (Wildman–Crippen LogP) is 3.22. The van der Waals surface area contributed by atoms with Crippen LogP contribution in [0.4, 0.5) is 0 Å². The van der Waals surface area contributed by atoms with E-state index in [1.54, 1.807) is 12.2 Å². The minimum Gasteiger partial charge on any atom is -0.192 e. The van der Waals surface area contributed by atoms with E-state index in [2.05, 4.69) is 13.2 Å². The maximum Gasteiger partial charge on any atom is 0.0985 e. The van der Waals surface area contributed by atoms with Crippen LogP contribution in [0.15, 0.2) is 36.5 Å². The van der Waals surface area contributed by atoms with E-state index < -0.39 is 0 Å². The smallest absolute Gasteiger partial charge is 0.0985 e. The third kappa shape index (κ3) is 8.71. The van der Waals surface area contributed by atoms with Crippen LogP contribution >= 0.6 is 0 Å². The minimum absolute atomic E-state index is 0.465. The highest BCUT2D eigenvalue weighted by Gasteiger charge is 1.82. The van der Waals surface area contributed by atoms with Gasteiger partial charge in [-0.3, -0.25) is 0 Å². The number of allylic oxidation sites excluding steroid dienone is 4. The Labute approximate surface area is 69.4 Å². The second kappa shape index (κ2) is 8.71. The van der Waals surface area contributed by atoms with Gasteiger partial charge in [-0.2, -0.15) is 5.26 Å². The first-order valence-corrected chi connectivity index (χ1v) is 3.60. The molecule has 0 aromatic heterocycles. The Morgan fingerprint density at radius 2 is 1.91 bits per heavy atom. The maximum absolute atomic E-state index is 8.25. The minimum atomic E-state index is 0.465. The zero-order valence-electron chi connectivity index (χ0n) is 7.52. The van der Waals surface area contributed by atoms with Crippen molar-refractivity contribution in [1.82, 2.24) is 0 Å². The third-order valence-corrected chi connectivity index (χ3v) is 0.867. The fourth-order valence-electron chi connectivity index (χ4n) is 0.366. The van der Waals surface area contributed by atoms with Gasteiger partial charge in [0.2, 0.25) is 0 Å². The van der Waals surface area contributed by atoms with E-state index in [1.807, 2.05) is 26.8 Å². The van der Waals surface area contributed by atoms with Crippen LogP contribution in [0.5, 0.6) is 0 Å². The number of nitrogens with zero attached hydrogens (tertiary/aromatic N) is 1. The SMILES string of the molecule is C=C/C(C)=C\C(=C)C#N.CC. The van der Waals surface area contributed by atoms with Crippen LogP contribution in [-0.4, -0.2) is 0 Å². The van der Waals surface area contributed by atoms with Crippen molar-refractivity contribution in [2.45, 2.75) is 20.8 Å². The number of rotatable bonds is 2. The molecule has 0 aliphatic rings. The first-order valence-electron chi connectivity index (χ1n) is 3.60. The summed E-state index contributed by atoms with van der Waals surface area (Å²) >= 11 is 0. The molecule has 1 nitrogen and oxygen atoms in total. The highest BCUT2D eigenvalue weighted by molar-refractivity contribution is 5.34. The zero-order valence-corrected chi connectivity index (χ0v) is 7.52. The van der Waals surface area contributed by atoms with Crippen molar-refractivity contribution in [3.05, 3.63) is 36.5 Å². The normalized spacial score (nSPS) is 8.73. The lowest BCUT2D eigenvalue weighted by molar-refractivity contribution is 1.47. The molecule has 0 fully saturated rings. The van der Waals surface area contributed by atoms with E-state index in [4.69, 9.17) is 5.26 Å². The Morgan fingerprint density at radius 1 is 1.45 bits per heavy atom. The molecule has 11 heavy (non-hydrogen) atoms. The molecule has 60 valence electrons. The molecule has 0 unspecified atom stereocenters. The van der Waals surface area contributed by atoms with Gasteiger partial charge >= 0.3 is 0 Å². The number of nitriles is 1. The fraction of sp³-hybridized carbons (Fsp3) is 0.300. The molecule has 0 aromatic carbocycles. The molecule has 0 aliphatic heterocycles. The number of hydrogen-bond acceptors (Lipinski definition) is 1. The molecule has 0 N–H and O–H groups in total. The summed E-state index contributed by atoms with van der Waals surface area (Å²) in [5, 5.41) is 8.25. The van der Waals surface area contributed by atoms with Crippen LogP contribution in [0.2, 0.25) is 0 Å². The molecule has 0 saturated carbocycles. The van der Waals surface area contributed by atoms with Gasteiger partial charge in [-0.25, -0.2) is 0 Å². The van der Waals surface area contributed by atoms with Crippen LogP contribution in [-0.2, 0) is 0 Å². The molecule has 0 bridgehead atoms. The van der Waals surface area contributed by atoms with Crippen molar-refractivity contribution in [3.8, 4) is 6.07 Å². The van der Waals surface area contributed by atoms with E-state index in [1.165, 1.54) is 0 Å². The molecule has 0 spiro atoms. The standard InChI is InChI=1S/C8H9N.C2H6/c1-4-7(2)5-8(3)6-9;1-2/h4-5H,1,3H2,2H3;1-2H3/b7-5-;. The van der Waals surface area contributed by atoms with Gasteiger partial charge < -0.3 is 0 Å². The lowest BCUT2D eigenvalue weighted by Crippen LogP contribution is -1.69. The molecule has 0 saturated heterocycles. The van der Waals surface area contributed by atoms with Crippen molar-refractivity contribution in [3.63, 3.8) is 0 Å². The van der Waals surface area contributed by atoms with Gasteiger partial charge in [0.25, 0.3) is 0 Å². The van der Waals surface area contributed by atoms with Gasteiger partial charge in [-0.15, -0.1) is 0 Å². The Kier molecular flexibility index (Phi) is 9.81. The van der Waals surface area contributed by atoms with Gasteiger partial charge in [-0.05, 0) is 13.0 Å². The quantitative estimate of drug-likeness (QED) is 0.437. The van der Waals surface area contributed by atoms with Gasteiger partial charge in [0, 0.05) is 5.57 Å². The molecule has 0 radical (unpaired) electrons. The Morgan fingerprint density at radius 3 is 2.18 bits per heavy atom. The van der Waals surface area contributed by atoms with Crippen LogP contribution in [0.3, 0.4) is 0 Å². The molecular formula is C10H15N. The van der Waals surface area contributed by atoms with Crippen molar-refractivity contribution >= 4 is 0 Å². The zero-order chi connectivity index (χ0) is 9.28. The second-order valence-corrected chi connectivity index (χ2v) is 1.73. The molecule has 0 heterocycles. The highest BCUT2D eigenvalue weighted by Crippen LogP contribution is 1.98. The van der Waals surface area contributed by atoms with Crippen LogP contribution in [0.1, 0.15) is 20.8 Å². The summed E-state index contributed by atoms with van der Waals surface area (Å²) in [5.74, 6) is 0. The highest BCUT2D eigenvalue weighted by atomic mass is 14.2. The van der Waals surface area contributed by atoms with Gasteiger partial charge in [0.1, 0.15) is 0 Å². The summed E-state index contributed by atoms with van der Waals surface area (Å²) in [6.45, 7) is 12.9. The molecule has 0 rings (SSSR count). The molecular weight excluding hydrogens is 134 g/mol. The fourth-order valence-corrected chi connectivity index (χ4v) is 0.366. The maximum atomic E-state index is 8.25. The molecule has 1 heteroatoms. The molecule has 0 amide bonds. The van der Waals surface area contributed by atoms with E-state index in [0.29, 0.717) is 5.57 Å². The lowest BCUT2D eigenvalue weighted by Gasteiger charge is -1.85.